The van der Waals surface area contributed by atoms with Crippen molar-refractivity contribution < 1.29 is 14.7 Å². The number of rotatable bonds is 1. The molecule has 6 heteroatoms. The molecule has 2 heterocycles. The van der Waals surface area contributed by atoms with Gasteiger partial charge in [-0.25, -0.2) is 4.79 Å². The van der Waals surface area contributed by atoms with Gasteiger partial charge >= 0.3 is 12.0 Å². The molecule has 2 aliphatic heterocycles. The Labute approximate surface area is 107 Å². The third-order valence-electron chi connectivity index (χ3n) is 4.09. The summed E-state index contributed by atoms with van der Waals surface area (Å²) in [5, 5.41) is 9.07. The molecule has 2 fully saturated rings. The molecular weight excluding hydrogens is 234 g/mol. The summed E-state index contributed by atoms with van der Waals surface area (Å²) >= 11 is 0. The smallest absolute Gasteiger partial charge is 0.320 e. The molecule has 0 aromatic rings. The number of aliphatic carboxylic acids is 1. The summed E-state index contributed by atoms with van der Waals surface area (Å²) in [6, 6.07) is -0.200. The molecule has 2 amide bonds. The number of piperazine rings is 1. The Morgan fingerprint density at radius 1 is 1.11 bits per heavy atom. The summed E-state index contributed by atoms with van der Waals surface area (Å²) in [5.41, 5.74) is 0. The van der Waals surface area contributed by atoms with Crippen molar-refractivity contribution in [1.82, 2.24) is 14.7 Å². The van der Waals surface area contributed by atoms with Crippen LogP contribution in [0.1, 0.15) is 13.3 Å². The van der Waals surface area contributed by atoms with Gasteiger partial charge < -0.3 is 19.8 Å². The van der Waals surface area contributed by atoms with Crippen LogP contribution in [0.4, 0.5) is 4.79 Å². The fraction of sp³-hybridized carbons (Fsp3) is 0.833. The van der Waals surface area contributed by atoms with E-state index < -0.39 is 11.9 Å². The minimum Gasteiger partial charge on any atom is -0.481 e. The molecule has 2 atom stereocenters. The van der Waals surface area contributed by atoms with Crippen molar-refractivity contribution in [2.75, 3.05) is 39.8 Å². The Kier molecular flexibility index (Phi) is 3.75. The average Bonchev–Trinajstić information content (AvgIpc) is 2.71. The van der Waals surface area contributed by atoms with E-state index in [4.69, 9.17) is 5.11 Å². The number of carboxylic acids is 1. The number of carbonyl (C=O) groups excluding carboxylic acids is 1. The zero-order valence-corrected chi connectivity index (χ0v) is 11.0. The van der Waals surface area contributed by atoms with E-state index in [1.807, 2.05) is 18.9 Å². The van der Waals surface area contributed by atoms with Gasteiger partial charge in [0.25, 0.3) is 0 Å². The summed E-state index contributed by atoms with van der Waals surface area (Å²) < 4.78 is 0. The number of urea groups is 1. The molecule has 0 radical (unpaired) electrons. The van der Waals surface area contributed by atoms with Crippen LogP contribution in [0.25, 0.3) is 0 Å². The molecule has 18 heavy (non-hydrogen) atoms. The normalized spacial score (nSPS) is 29.7. The Morgan fingerprint density at radius 3 is 2.22 bits per heavy atom. The monoisotopic (exact) mass is 255 g/mol. The zero-order chi connectivity index (χ0) is 13.3. The second-order valence-electron chi connectivity index (χ2n) is 5.24. The van der Waals surface area contributed by atoms with Crippen molar-refractivity contribution in [3.05, 3.63) is 0 Å². The van der Waals surface area contributed by atoms with Crippen LogP contribution >= 0.6 is 0 Å². The fourth-order valence-corrected chi connectivity index (χ4v) is 2.72. The van der Waals surface area contributed by atoms with E-state index in [0.717, 1.165) is 26.2 Å². The van der Waals surface area contributed by atoms with Crippen LogP contribution in [-0.4, -0.2) is 77.6 Å². The van der Waals surface area contributed by atoms with Gasteiger partial charge in [-0.2, -0.15) is 0 Å². The molecule has 2 unspecified atom stereocenters. The first-order chi connectivity index (χ1) is 8.50. The summed E-state index contributed by atoms with van der Waals surface area (Å²) in [7, 11) is 2.04. The first kappa shape index (κ1) is 13.1. The van der Waals surface area contributed by atoms with Crippen molar-refractivity contribution in [2.24, 2.45) is 5.92 Å². The Bertz CT molecular complexity index is 339. The van der Waals surface area contributed by atoms with E-state index in [9.17, 15) is 9.59 Å². The molecule has 0 bridgehead atoms. The Hall–Kier alpha value is -1.30. The van der Waals surface area contributed by atoms with E-state index in [0.29, 0.717) is 13.0 Å². The third-order valence-corrected chi connectivity index (χ3v) is 4.09. The van der Waals surface area contributed by atoms with Gasteiger partial charge in [0, 0.05) is 38.8 Å². The first-order valence-electron chi connectivity index (χ1n) is 6.47. The van der Waals surface area contributed by atoms with Crippen molar-refractivity contribution in [1.29, 1.82) is 0 Å². The van der Waals surface area contributed by atoms with Gasteiger partial charge in [0.1, 0.15) is 0 Å². The number of hydrogen-bond acceptors (Lipinski definition) is 3. The van der Waals surface area contributed by atoms with Crippen molar-refractivity contribution in [2.45, 2.75) is 19.4 Å². The predicted octanol–water partition coefficient (Wildman–Crippen LogP) is 0.149. The van der Waals surface area contributed by atoms with Gasteiger partial charge in [-0.15, -0.1) is 0 Å². The number of hydrogen-bond donors (Lipinski definition) is 1. The number of nitrogens with zero attached hydrogens (tertiary/aromatic N) is 3. The highest BCUT2D eigenvalue weighted by atomic mass is 16.4. The predicted molar refractivity (Wildman–Crippen MR) is 66.4 cm³/mol. The van der Waals surface area contributed by atoms with Crippen LogP contribution in [0.15, 0.2) is 0 Å². The van der Waals surface area contributed by atoms with Gasteiger partial charge in [0.05, 0.1) is 5.92 Å². The van der Waals surface area contributed by atoms with E-state index in [1.54, 1.807) is 4.90 Å². The molecule has 6 nitrogen and oxygen atoms in total. The summed E-state index contributed by atoms with van der Waals surface area (Å²) in [6.07, 6.45) is 0.565. The zero-order valence-electron chi connectivity index (χ0n) is 11.0. The van der Waals surface area contributed by atoms with Gasteiger partial charge in [-0.05, 0) is 20.4 Å². The third kappa shape index (κ3) is 2.43. The fourth-order valence-electron chi connectivity index (χ4n) is 2.72. The van der Waals surface area contributed by atoms with Crippen LogP contribution < -0.4 is 0 Å². The second kappa shape index (κ2) is 5.14. The highest BCUT2D eigenvalue weighted by molar-refractivity contribution is 5.78. The maximum atomic E-state index is 12.3. The van der Waals surface area contributed by atoms with Gasteiger partial charge in [0.15, 0.2) is 0 Å². The number of likely N-dealkylation sites (tertiary alicyclic amines) is 1. The molecule has 2 rings (SSSR count). The summed E-state index contributed by atoms with van der Waals surface area (Å²) in [4.78, 5) is 29.1. The Morgan fingerprint density at radius 2 is 1.72 bits per heavy atom. The highest BCUT2D eigenvalue weighted by Crippen LogP contribution is 2.25. The van der Waals surface area contributed by atoms with Crippen LogP contribution in [0.2, 0.25) is 0 Å². The lowest BCUT2D eigenvalue weighted by Gasteiger charge is -2.36. The lowest BCUT2D eigenvalue weighted by Crippen LogP contribution is -2.53. The van der Waals surface area contributed by atoms with Crippen LogP contribution in [0.3, 0.4) is 0 Å². The highest BCUT2D eigenvalue weighted by Gasteiger charge is 2.39. The maximum Gasteiger partial charge on any atom is 0.320 e. The lowest BCUT2D eigenvalue weighted by molar-refractivity contribution is -0.142. The molecule has 102 valence electrons. The number of amides is 2. The maximum absolute atomic E-state index is 12.3. The minimum atomic E-state index is -0.795. The first-order valence-corrected chi connectivity index (χ1v) is 6.47. The topological polar surface area (TPSA) is 64.1 Å². The average molecular weight is 255 g/mol. The number of carboxylic acid groups (broad SMARTS) is 1. The second-order valence-corrected chi connectivity index (χ2v) is 5.24. The van der Waals surface area contributed by atoms with Crippen LogP contribution in [0.5, 0.6) is 0 Å². The van der Waals surface area contributed by atoms with Crippen LogP contribution in [0, 0.1) is 5.92 Å². The molecule has 0 aromatic heterocycles. The molecule has 0 aromatic carbocycles. The summed E-state index contributed by atoms with van der Waals surface area (Å²) in [6.45, 7) is 5.63. The van der Waals surface area contributed by atoms with Gasteiger partial charge in [-0.1, -0.05) is 0 Å². The molecule has 1 N–H and O–H groups in total. The molecule has 2 aliphatic rings. The van der Waals surface area contributed by atoms with Crippen LogP contribution in [-0.2, 0) is 4.79 Å². The van der Waals surface area contributed by atoms with E-state index in [-0.39, 0.29) is 12.1 Å². The van der Waals surface area contributed by atoms with Crippen molar-refractivity contribution >= 4 is 12.0 Å². The number of likely N-dealkylation sites (N-methyl/N-ethyl adjacent to an activating group) is 1. The standard InChI is InChI=1S/C12H21N3O3/c1-9-10(11(16)17)3-4-15(9)12(18)14-7-5-13(2)6-8-14/h9-10H,3-8H2,1-2H3,(H,16,17). The molecule has 2 saturated heterocycles. The van der Waals surface area contributed by atoms with E-state index in [2.05, 4.69) is 4.90 Å². The molecule has 0 spiro atoms. The van der Waals surface area contributed by atoms with Crippen molar-refractivity contribution in [3.8, 4) is 0 Å². The van der Waals surface area contributed by atoms with Gasteiger partial charge in [0.2, 0.25) is 0 Å². The summed E-state index contributed by atoms with van der Waals surface area (Å²) in [5.74, 6) is -1.21. The number of carbonyl (C=O) groups is 2. The van der Waals surface area contributed by atoms with Crippen molar-refractivity contribution in [3.63, 3.8) is 0 Å². The Balaban J connectivity index is 1.96. The largest absolute Gasteiger partial charge is 0.481 e. The SMILES string of the molecule is CC1C(C(=O)O)CCN1C(=O)N1CCN(C)CC1. The van der Waals surface area contributed by atoms with Gasteiger partial charge in [-0.3, -0.25) is 4.79 Å². The quantitative estimate of drug-likeness (QED) is 0.724. The molecular formula is C12H21N3O3. The minimum absolute atomic E-state index is 0.000602. The molecule has 0 saturated carbocycles. The van der Waals surface area contributed by atoms with E-state index in [1.165, 1.54) is 0 Å². The van der Waals surface area contributed by atoms with E-state index >= 15 is 0 Å². The lowest BCUT2D eigenvalue weighted by atomic mass is 10.0. The molecule has 0 aliphatic carbocycles.